The monoisotopic (exact) mass is 601 g/mol. The Morgan fingerprint density at radius 2 is 1.57 bits per heavy atom. The third kappa shape index (κ3) is 6.16. The number of carbonyl (C=O) groups excluding carboxylic acids is 3. The van der Waals surface area contributed by atoms with Gasteiger partial charge in [-0.3, -0.25) is 14.4 Å². The molecule has 0 aliphatic carbocycles. The van der Waals surface area contributed by atoms with E-state index in [0.29, 0.717) is 16.3 Å². The molecule has 3 aromatic carbocycles. The number of halogens is 2. The maximum atomic E-state index is 14.0. The molecule has 11 heteroatoms. The molecule has 4 rings (SSSR count). The van der Waals surface area contributed by atoms with Crippen molar-refractivity contribution in [3.8, 4) is 0 Å². The van der Waals surface area contributed by atoms with Crippen molar-refractivity contribution in [3.63, 3.8) is 0 Å². The van der Waals surface area contributed by atoms with Crippen molar-refractivity contribution in [2.45, 2.75) is 50.2 Å². The number of nitrogens with one attached hydrogen (secondary N) is 1. The number of fused-ring (bicyclic) bond motifs is 1. The lowest BCUT2D eigenvalue weighted by Gasteiger charge is -2.33. The molecule has 0 saturated heterocycles. The van der Waals surface area contributed by atoms with Crippen LogP contribution in [0.15, 0.2) is 77.7 Å². The van der Waals surface area contributed by atoms with Gasteiger partial charge in [-0.1, -0.05) is 78.7 Å². The van der Waals surface area contributed by atoms with Crippen LogP contribution in [0.3, 0.4) is 0 Å². The molecule has 0 fully saturated rings. The summed E-state index contributed by atoms with van der Waals surface area (Å²) in [5.41, 5.74) is 1.17. The topological polar surface area (TPSA) is 104 Å². The number of benzene rings is 3. The van der Waals surface area contributed by atoms with E-state index in [1.165, 1.54) is 23.1 Å². The average molecular weight is 603 g/mol. The summed E-state index contributed by atoms with van der Waals surface area (Å²) in [6, 6.07) is 18.6. The zero-order valence-corrected chi connectivity index (χ0v) is 24.3. The summed E-state index contributed by atoms with van der Waals surface area (Å²) in [5, 5.41) is 3.50. The second-order valence-corrected chi connectivity index (χ2v) is 12.2. The number of hydrogen-bond acceptors (Lipinski definition) is 5. The standard InChI is InChI=1S/C29H29Cl2N3O5S/c1-3-19(2)32-28(36)25(16-20-10-5-4-6-11-20)33(17-22-23(30)13-9-14-24(22)31)27(35)18-34-29(37)21-12-7-8-15-26(21)40(34,38)39/h4-15,19,25H,3,16-18H2,1-2H3,(H,32,36)/t19-,25-/m0/s1. The summed E-state index contributed by atoms with van der Waals surface area (Å²) in [6.07, 6.45) is 0.796. The van der Waals surface area contributed by atoms with Crippen LogP contribution in [0.4, 0.5) is 0 Å². The summed E-state index contributed by atoms with van der Waals surface area (Å²) >= 11 is 12.9. The van der Waals surface area contributed by atoms with Crippen molar-refractivity contribution in [2.24, 2.45) is 0 Å². The van der Waals surface area contributed by atoms with Gasteiger partial charge in [0.15, 0.2) is 0 Å². The Morgan fingerprint density at radius 1 is 0.950 bits per heavy atom. The lowest BCUT2D eigenvalue weighted by molar-refractivity contribution is -0.141. The highest BCUT2D eigenvalue weighted by Crippen LogP contribution is 2.31. The summed E-state index contributed by atoms with van der Waals surface area (Å²) in [4.78, 5) is 41.8. The SMILES string of the molecule is CC[C@H](C)NC(=O)[C@H](Cc1ccccc1)N(Cc1c(Cl)cccc1Cl)C(=O)CN1C(=O)c2ccccc2S1(=O)=O. The molecule has 0 aromatic heterocycles. The third-order valence-corrected chi connectivity index (χ3v) is 9.35. The fourth-order valence-corrected chi connectivity index (χ4v) is 6.48. The van der Waals surface area contributed by atoms with Gasteiger partial charge in [0.25, 0.3) is 15.9 Å². The Hall–Kier alpha value is -3.40. The van der Waals surface area contributed by atoms with Crippen LogP contribution in [0.25, 0.3) is 0 Å². The first-order valence-electron chi connectivity index (χ1n) is 12.8. The molecule has 210 valence electrons. The number of sulfonamides is 1. The lowest BCUT2D eigenvalue weighted by Crippen LogP contribution is -2.54. The highest BCUT2D eigenvalue weighted by Gasteiger charge is 2.43. The van der Waals surface area contributed by atoms with Gasteiger partial charge in [0.2, 0.25) is 11.8 Å². The van der Waals surface area contributed by atoms with Gasteiger partial charge in [-0.05, 0) is 43.2 Å². The molecule has 40 heavy (non-hydrogen) atoms. The molecule has 1 aliphatic rings. The zero-order valence-electron chi connectivity index (χ0n) is 22.0. The summed E-state index contributed by atoms with van der Waals surface area (Å²) in [7, 11) is -4.26. The van der Waals surface area contributed by atoms with Gasteiger partial charge < -0.3 is 10.2 Å². The van der Waals surface area contributed by atoms with Crippen molar-refractivity contribution < 1.29 is 22.8 Å². The molecular weight excluding hydrogens is 573 g/mol. The lowest BCUT2D eigenvalue weighted by atomic mass is 10.0. The third-order valence-electron chi connectivity index (χ3n) is 6.85. The summed E-state index contributed by atoms with van der Waals surface area (Å²) in [5.74, 6) is -1.97. The molecule has 1 N–H and O–H groups in total. The molecule has 3 aromatic rings. The van der Waals surface area contributed by atoms with Gasteiger partial charge in [-0.25, -0.2) is 12.7 Å². The van der Waals surface area contributed by atoms with Crippen LogP contribution in [0, 0.1) is 0 Å². The molecule has 2 atom stereocenters. The number of amides is 3. The highest BCUT2D eigenvalue weighted by molar-refractivity contribution is 7.90. The molecule has 0 bridgehead atoms. The predicted molar refractivity (Wildman–Crippen MR) is 154 cm³/mol. The minimum absolute atomic E-state index is 0.00801. The van der Waals surface area contributed by atoms with Crippen molar-refractivity contribution in [1.82, 2.24) is 14.5 Å². The van der Waals surface area contributed by atoms with Gasteiger partial charge in [0.1, 0.15) is 17.5 Å². The zero-order chi connectivity index (χ0) is 29.0. The van der Waals surface area contributed by atoms with E-state index in [2.05, 4.69) is 5.32 Å². The van der Waals surface area contributed by atoms with E-state index in [1.54, 1.807) is 24.3 Å². The normalized spacial score (nSPS) is 15.3. The quantitative estimate of drug-likeness (QED) is 0.363. The van der Waals surface area contributed by atoms with E-state index in [-0.39, 0.29) is 39.5 Å². The van der Waals surface area contributed by atoms with E-state index >= 15 is 0 Å². The Kier molecular flexibility index (Phi) is 9.18. The number of hydrogen-bond donors (Lipinski definition) is 1. The summed E-state index contributed by atoms with van der Waals surface area (Å²) in [6.45, 7) is 2.80. The molecule has 1 aliphatic heterocycles. The Bertz CT molecular complexity index is 1510. The number of rotatable bonds is 10. The molecular formula is C29H29Cl2N3O5S. The van der Waals surface area contributed by atoms with E-state index in [1.807, 2.05) is 44.2 Å². The first-order chi connectivity index (χ1) is 19.0. The van der Waals surface area contributed by atoms with Gasteiger partial charge in [-0.2, -0.15) is 0 Å². The predicted octanol–water partition coefficient (Wildman–Crippen LogP) is 4.69. The van der Waals surface area contributed by atoms with Crippen LogP contribution >= 0.6 is 23.2 Å². The van der Waals surface area contributed by atoms with Crippen molar-refractivity contribution >= 4 is 50.9 Å². The first kappa shape index (κ1) is 29.6. The van der Waals surface area contributed by atoms with Gasteiger partial charge in [0, 0.05) is 34.6 Å². The molecule has 3 amide bonds. The maximum absolute atomic E-state index is 14.0. The highest BCUT2D eigenvalue weighted by atomic mass is 35.5. The Morgan fingerprint density at radius 3 is 2.20 bits per heavy atom. The van der Waals surface area contributed by atoms with Crippen LogP contribution < -0.4 is 5.32 Å². The van der Waals surface area contributed by atoms with Crippen LogP contribution in [-0.4, -0.2) is 54.0 Å². The van der Waals surface area contributed by atoms with Crippen LogP contribution in [-0.2, 0) is 32.6 Å². The Labute approximate surface area is 243 Å². The van der Waals surface area contributed by atoms with Gasteiger partial charge >= 0.3 is 0 Å². The van der Waals surface area contributed by atoms with Crippen LogP contribution in [0.2, 0.25) is 10.0 Å². The van der Waals surface area contributed by atoms with E-state index in [9.17, 15) is 22.8 Å². The van der Waals surface area contributed by atoms with E-state index < -0.39 is 40.3 Å². The molecule has 8 nitrogen and oxygen atoms in total. The number of nitrogens with zero attached hydrogens (tertiary/aromatic N) is 2. The fraction of sp³-hybridized carbons (Fsp3) is 0.276. The molecule has 0 saturated carbocycles. The van der Waals surface area contributed by atoms with Crippen LogP contribution in [0.5, 0.6) is 0 Å². The Balaban J connectivity index is 1.76. The minimum atomic E-state index is -4.26. The van der Waals surface area contributed by atoms with Crippen molar-refractivity contribution in [3.05, 3.63) is 99.5 Å². The average Bonchev–Trinajstić information content (AvgIpc) is 3.13. The molecule has 0 unspecified atom stereocenters. The minimum Gasteiger partial charge on any atom is -0.352 e. The molecule has 0 spiro atoms. The van der Waals surface area contributed by atoms with Crippen LogP contribution in [0.1, 0.15) is 41.8 Å². The van der Waals surface area contributed by atoms with Gasteiger partial charge in [-0.15, -0.1) is 0 Å². The molecule has 1 heterocycles. The fourth-order valence-electron chi connectivity index (χ4n) is 4.45. The molecule has 0 radical (unpaired) electrons. The van der Waals surface area contributed by atoms with E-state index in [0.717, 1.165) is 5.56 Å². The maximum Gasteiger partial charge on any atom is 0.269 e. The van der Waals surface area contributed by atoms with Gasteiger partial charge in [0.05, 0.1) is 5.56 Å². The van der Waals surface area contributed by atoms with Crippen molar-refractivity contribution in [1.29, 1.82) is 0 Å². The first-order valence-corrected chi connectivity index (χ1v) is 15.0. The smallest absolute Gasteiger partial charge is 0.269 e. The van der Waals surface area contributed by atoms with Crippen molar-refractivity contribution in [2.75, 3.05) is 6.54 Å². The largest absolute Gasteiger partial charge is 0.352 e. The second-order valence-electron chi connectivity index (χ2n) is 9.56. The summed E-state index contributed by atoms with van der Waals surface area (Å²) < 4.78 is 27.0. The second kappa shape index (κ2) is 12.4. The number of carbonyl (C=O) groups is 3. The van der Waals surface area contributed by atoms with E-state index in [4.69, 9.17) is 23.2 Å².